The second-order valence-electron chi connectivity index (χ2n) is 8.52. The number of hydrogen-bond donors (Lipinski definition) is 1. The number of benzene rings is 3. The number of hydrogen-bond acceptors (Lipinski definition) is 4. The van der Waals surface area contributed by atoms with Crippen LogP contribution in [0.4, 0.5) is 0 Å². The molecule has 0 fully saturated rings. The van der Waals surface area contributed by atoms with Crippen molar-refractivity contribution < 1.29 is 4.79 Å². The van der Waals surface area contributed by atoms with Gasteiger partial charge in [0, 0.05) is 5.02 Å². The third-order valence-electron chi connectivity index (χ3n) is 5.60. The minimum Gasteiger partial charge on any atom is -0.344 e. The van der Waals surface area contributed by atoms with Crippen molar-refractivity contribution in [3.8, 4) is 5.69 Å². The number of amides is 1. The van der Waals surface area contributed by atoms with Gasteiger partial charge < -0.3 is 5.32 Å². The Kier molecular flexibility index (Phi) is 6.98. The van der Waals surface area contributed by atoms with E-state index in [1.807, 2.05) is 57.2 Å². The lowest BCUT2D eigenvalue weighted by Gasteiger charge is -2.16. The van der Waals surface area contributed by atoms with Crippen LogP contribution in [0.2, 0.25) is 5.02 Å². The van der Waals surface area contributed by atoms with Gasteiger partial charge in [0.1, 0.15) is 0 Å². The maximum atomic E-state index is 13.4. The minimum absolute atomic E-state index is 0.0555. The molecule has 0 aliphatic carbocycles. The van der Waals surface area contributed by atoms with Crippen LogP contribution in [-0.4, -0.2) is 20.3 Å². The quantitative estimate of drug-likeness (QED) is 0.440. The highest BCUT2D eigenvalue weighted by Crippen LogP contribution is 2.14. The van der Waals surface area contributed by atoms with Crippen LogP contribution in [-0.2, 0) is 6.54 Å². The Morgan fingerprint density at radius 1 is 0.971 bits per heavy atom. The first-order valence-corrected chi connectivity index (χ1v) is 11.5. The normalized spacial score (nSPS) is 11.8. The molecule has 1 heterocycles. The predicted octanol–water partition coefficient (Wildman–Crippen LogP) is 4.20. The molecule has 4 aromatic rings. The van der Waals surface area contributed by atoms with E-state index in [1.54, 1.807) is 36.4 Å². The van der Waals surface area contributed by atoms with E-state index in [0.29, 0.717) is 16.3 Å². The maximum Gasteiger partial charge on any atom is 0.352 e. The smallest absolute Gasteiger partial charge is 0.344 e. The maximum absolute atomic E-state index is 13.4. The molecule has 178 valence electrons. The van der Waals surface area contributed by atoms with E-state index in [-0.39, 0.29) is 18.3 Å². The summed E-state index contributed by atoms with van der Waals surface area (Å²) in [4.78, 5) is 40.0. The average Bonchev–Trinajstić information content (AvgIpc) is 2.81. The van der Waals surface area contributed by atoms with Crippen LogP contribution in [0.3, 0.4) is 0 Å². The van der Waals surface area contributed by atoms with Crippen molar-refractivity contribution in [1.82, 2.24) is 19.7 Å². The van der Waals surface area contributed by atoms with Gasteiger partial charge >= 0.3 is 5.69 Å². The summed E-state index contributed by atoms with van der Waals surface area (Å²) in [7, 11) is 0. The van der Waals surface area contributed by atoms with Crippen LogP contribution < -0.4 is 16.6 Å². The van der Waals surface area contributed by atoms with Gasteiger partial charge in [0.05, 0.1) is 18.3 Å². The molecular formula is C27H25ClN4O3. The summed E-state index contributed by atoms with van der Waals surface area (Å²) in [6.07, 6.45) is 0. The fourth-order valence-corrected chi connectivity index (χ4v) is 4.16. The molecule has 4 rings (SSSR count). The van der Waals surface area contributed by atoms with Crippen LogP contribution in [0.15, 0.2) is 82.4 Å². The number of nitrogens with one attached hydrogen (secondary N) is 1. The fraction of sp³-hybridized carbons (Fsp3) is 0.185. The molecule has 1 N–H and O–H groups in total. The topological polar surface area (TPSA) is 86.0 Å². The molecular weight excluding hydrogens is 464 g/mol. The summed E-state index contributed by atoms with van der Waals surface area (Å²) >= 11 is 6.10. The van der Waals surface area contributed by atoms with Crippen LogP contribution in [0.5, 0.6) is 0 Å². The van der Waals surface area contributed by atoms with E-state index in [0.717, 1.165) is 25.9 Å². The molecule has 0 spiro atoms. The monoisotopic (exact) mass is 488 g/mol. The Hall–Kier alpha value is -3.97. The van der Waals surface area contributed by atoms with Crippen molar-refractivity contribution in [3.63, 3.8) is 0 Å². The molecule has 3 aromatic carbocycles. The average molecular weight is 489 g/mol. The Morgan fingerprint density at radius 3 is 2.31 bits per heavy atom. The largest absolute Gasteiger partial charge is 0.352 e. The molecule has 0 saturated carbocycles. The molecule has 0 radical (unpaired) electrons. The molecule has 1 aromatic heterocycles. The highest BCUT2D eigenvalue weighted by Gasteiger charge is 2.22. The highest BCUT2D eigenvalue weighted by molar-refractivity contribution is 6.30. The van der Waals surface area contributed by atoms with Crippen LogP contribution in [0, 0.1) is 13.8 Å². The van der Waals surface area contributed by atoms with Gasteiger partial charge in [0.15, 0.2) is 0 Å². The predicted molar refractivity (Wildman–Crippen MR) is 136 cm³/mol. The van der Waals surface area contributed by atoms with Gasteiger partial charge in [-0.25, -0.2) is 4.79 Å². The third-order valence-corrected chi connectivity index (χ3v) is 5.84. The Labute approximate surface area is 207 Å². The first kappa shape index (κ1) is 24.2. The van der Waals surface area contributed by atoms with Crippen LogP contribution in [0.25, 0.3) is 5.69 Å². The molecule has 0 saturated heterocycles. The van der Waals surface area contributed by atoms with Gasteiger partial charge in [0.25, 0.3) is 11.5 Å². The van der Waals surface area contributed by atoms with Crippen molar-refractivity contribution in [1.29, 1.82) is 0 Å². The van der Waals surface area contributed by atoms with E-state index in [1.165, 1.54) is 0 Å². The van der Waals surface area contributed by atoms with E-state index in [2.05, 4.69) is 10.4 Å². The second kappa shape index (κ2) is 10.1. The van der Waals surface area contributed by atoms with Gasteiger partial charge in [0.2, 0.25) is 5.69 Å². The second-order valence-corrected chi connectivity index (χ2v) is 8.95. The Morgan fingerprint density at radius 2 is 1.66 bits per heavy atom. The van der Waals surface area contributed by atoms with Gasteiger partial charge in [-0.05, 0) is 67.3 Å². The summed E-state index contributed by atoms with van der Waals surface area (Å²) in [6.45, 7) is 5.56. The van der Waals surface area contributed by atoms with E-state index in [9.17, 15) is 14.4 Å². The van der Waals surface area contributed by atoms with E-state index < -0.39 is 17.2 Å². The molecule has 0 aliphatic rings. The first-order valence-electron chi connectivity index (χ1n) is 11.2. The Balaban J connectivity index is 1.84. The zero-order valence-corrected chi connectivity index (χ0v) is 20.4. The number of aromatic nitrogens is 3. The standard InChI is InChI=1S/C27H25ClN4O3/c1-17-12-18(2)14-23(13-17)32-27(35)31(16-20-8-7-11-22(28)15-20)26(34)24(30-32)25(33)29-19(3)21-9-5-4-6-10-21/h4-15,19H,16H2,1-3H3,(H,29,33). The molecule has 0 aliphatic heterocycles. The summed E-state index contributed by atoms with van der Waals surface area (Å²) in [5.74, 6) is -0.663. The number of aryl methyl sites for hydroxylation is 2. The highest BCUT2D eigenvalue weighted by atomic mass is 35.5. The third kappa shape index (κ3) is 5.41. The molecule has 8 heteroatoms. The SMILES string of the molecule is Cc1cc(C)cc(-n2nc(C(=O)NC(C)c3ccccc3)c(=O)n(Cc3cccc(Cl)c3)c2=O)c1. The summed E-state index contributed by atoms with van der Waals surface area (Å²) in [6, 6.07) is 21.4. The zero-order valence-electron chi connectivity index (χ0n) is 19.7. The molecule has 0 bridgehead atoms. The fourth-order valence-electron chi connectivity index (χ4n) is 3.95. The number of carbonyl (C=O) groups is 1. The molecule has 7 nitrogen and oxygen atoms in total. The number of carbonyl (C=O) groups excluding carboxylic acids is 1. The summed E-state index contributed by atoms with van der Waals surface area (Å²) < 4.78 is 2.12. The van der Waals surface area contributed by atoms with Crippen LogP contribution in [0.1, 0.15) is 45.7 Å². The molecule has 35 heavy (non-hydrogen) atoms. The zero-order chi connectivity index (χ0) is 25.1. The van der Waals surface area contributed by atoms with Gasteiger partial charge in [-0.3, -0.25) is 14.2 Å². The minimum atomic E-state index is -0.770. The van der Waals surface area contributed by atoms with Crippen molar-refractivity contribution in [2.45, 2.75) is 33.4 Å². The number of rotatable bonds is 6. The van der Waals surface area contributed by atoms with Gasteiger partial charge in [-0.2, -0.15) is 9.78 Å². The lowest BCUT2D eigenvalue weighted by atomic mass is 10.1. The van der Waals surface area contributed by atoms with Gasteiger partial charge in [-0.15, -0.1) is 0 Å². The number of halogens is 1. The van der Waals surface area contributed by atoms with Crippen LogP contribution >= 0.6 is 11.6 Å². The molecule has 1 atom stereocenters. The summed E-state index contributed by atoms with van der Waals surface area (Å²) in [5.41, 5.74) is 2.06. The summed E-state index contributed by atoms with van der Waals surface area (Å²) in [5, 5.41) is 7.53. The lowest BCUT2D eigenvalue weighted by Crippen LogP contribution is -2.46. The first-order chi connectivity index (χ1) is 16.7. The molecule has 1 unspecified atom stereocenters. The van der Waals surface area contributed by atoms with Crippen molar-refractivity contribution >= 4 is 17.5 Å². The molecule has 1 amide bonds. The van der Waals surface area contributed by atoms with E-state index in [4.69, 9.17) is 11.6 Å². The van der Waals surface area contributed by atoms with Crippen molar-refractivity contribution in [2.24, 2.45) is 0 Å². The number of nitrogens with zero attached hydrogens (tertiary/aromatic N) is 3. The van der Waals surface area contributed by atoms with E-state index >= 15 is 0 Å². The lowest BCUT2D eigenvalue weighted by molar-refractivity contribution is 0.0930. The van der Waals surface area contributed by atoms with Gasteiger partial charge in [-0.1, -0.05) is 60.1 Å². The van der Waals surface area contributed by atoms with Crippen molar-refractivity contribution in [2.75, 3.05) is 0 Å². The van der Waals surface area contributed by atoms with Crippen molar-refractivity contribution in [3.05, 3.63) is 127 Å². The Bertz CT molecular complexity index is 1490.